The van der Waals surface area contributed by atoms with Crippen LogP contribution in [0.25, 0.3) is 0 Å². The Morgan fingerprint density at radius 1 is 1.26 bits per heavy atom. The van der Waals surface area contributed by atoms with Crippen molar-refractivity contribution in [3.8, 4) is 5.75 Å². The fourth-order valence-corrected chi connectivity index (χ4v) is 2.09. The summed E-state index contributed by atoms with van der Waals surface area (Å²) in [6.45, 7) is 1.69. The maximum Gasteiger partial charge on any atom is 0.422 e. The number of hydrogen-bond acceptors (Lipinski definition) is 3. The van der Waals surface area contributed by atoms with Crippen molar-refractivity contribution in [1.29, 1.82) is 0 Å². The van der Waals surface area contributed by atoms with Gasteiger partial charge in [-0.3, -0.25) is 0 Å². The molecule has 0 aromatic heterocycles. The van der Waals surface area contributed by atoms with Gasteiger partial charge >= 0.3 is 6.18 Å². The Morgan fingerprint density at radius 2 is 1.95 bits per heavy atom. The molecule has 2 rings (SSSR count). The van der Waals surface area contributed by atoms with Crippen molar-refractivity contribution in [3.63, 3.8) is 0 Å². The van der Waals surface area contributed by atoms with Crippen molar-refractivity contribution in [1.82, 2.24) is 5.32 Å². The van der Waals surface area contributed by atoms with Crippen LogP contribution < -0.4 is 15.0 Å². The lowest BCUT2D eigenvalue weighted by Crippen LogP contribution is -2.43. The summed E-state index contributed by atoms with van der Waals surface area (Å²) in [7, 11) is 0. The summed E-state index contributed by atoms with van der Waals surface area (Å²) in [5, 5.41) is 3.66. The van der Waals surface area contributed by atoms with Crippen LogP contribution in [0.4, 0.5) is 18.9 Å². The summed E-state index contributed by atoms with van der Waals surface area (Å²) < 4.78 is 41.5. The SMILES string of the molecule is FC(F)(F)COc1ccc(Cl)cc1N1CCNCC1. The topological polar surface area (TPSA) is 24.5 Å². The molecule has 19 heavy (non-hydrogen) atoms. The predicted octanol–water partition coefficient (Wildman–Crippen LogP) is 2.69. The summed E-state index contributed by atoms with van der Waals surface area (Å²) in [5.74, 6) is 0.212. The molecule has 1 aliphatic heterocycles. The maximum atomic E-state index is 12.2. The third-order valence-electron chi connectivity index (χ3n) is 2.77. The zero-order chi connectivity index (χ0) is 13.9. The van der Waals surface area contributed by atoms with Gasteiger partial charge in [-0.15, -0.1) is 0 Å². The van der Waals surface area contributed by atoms with Crippen LogP contribution in [0.2, 0.25) is 5.02 Å². The van der Waals surface area contributed by atoms with Crippen LogP contribution in [-0.4, -0.2) is 39.0 Å². The zero-order valence-electron chi connectivity index (χ0n) is 10.1. The van der Waals surface area contributed by atoms with Gasteiger partial charge in [-0.25, -0.2) is 0 Å². The summed E-state index contributed by atoms with van der Waals surface area (Å²) in [6, 6.07) is 4.64. The number of halogens is 4. The van der Waals surface area contributed by atoms with E-state index in [1.54, 1.807) is 6.07 Å². The molecule has 1 aliphatic rings. The Balaban J connectivity index is 2.17. The minimum atomic E-state index is -4.35. The summed E-state index contributed by atoms with van der Waals surface area (Å²) >= 11 is 5.91. The number of piperazine rings is 1. The van der Waals surface area contributed by atoms with E-state index in [2.05, 4.69) is 5.32 Å². The van der Waals surface area contributed by atoms with Gasteiger partial charge in [-0.05, 0) is 18.2 Å². The van der Waals surface area contributed by atoms with Crippen molar-refractivity contribution < 1.29 is 17.9 Å². The number of ether oxygens (including phenoxy) is 1. The standard InChI is InChI=1S/C12H14ClF3N2O/c13-9-1-2-11(19-8-12(14,15)16)10(7-9)18-5-3-17-4-6-18/h1-2,7,17H,3-6,8H2. The van der Waals surface area contributed by atoms with Crippen LogP contribution in [0, 0.1) is 0 Å². The van der Waals surface area contributed by atoms with Crippen molar-refractivity contribution >= 4 is 17.3 Å². The predicted molar refractivity (Wildman–Crippen MR) is 68.1 cm³/mol. The van der Waals surface area contributed by atoms with Gasteiger partial charge in [0, 0.05) is 31.2 Å². The monoisotopic (exact) mass is 294 g/mol. The second-order valence-electron chi connectivity index (χ2n) is 4.25. The lowest BCUT2D eigenvalue weighted by molar-refractivity contribution is -0.153. The number of hydrogen-bond donors (Lipinski definition) is 1. The fraction of sp³-hybridized carbons (Fsp3) is 0.500. The van der Waals surface area contributed by atoms with E-state index in [0.29, 0.717) is 23.8 Å². The Bertz CT molecular complexity index is 433. The summed E-state index contributed by atoms with van der Waals surface area (Å²) in [5.41, 5.74) is 0.609. The molecule has 0 atom stereocenters. The maximum absolute atomic E-state index is 12.2. The number of rotatable bonds is 3. The number of nitrogens with zero attached hydrogens (tertiary/aromatic N) is 1. The molecule has 1 aromatic rings. The van der Waals surface area contributed by atoms with Crippen molar-refractivity contribution in [2.75, 3.05) is 37.7 Å². The van der Waals surface area contributed by atoms with Crippen molar-refractivity contribution in [3.05, 3.63) is 23.2 Å². The largest absolute Gasteiger partial charge is 0.482 e. The molecule has 0 unspecified atom stereocenters. The molecule has 0 amide bonds. The molecule has 0 bridgehead atoms. The Hall–Kier alpha value is -1.14. The molecule has 0 saturated carbocycles. The van der Waals surface area contributed by atoms with Crippen molar-refractivity contribution in [2.45, 2.75) is 6.18 Å². The molecule has 1 saturated heterocycles. The molecule has 0 radical (unpaired) electrons. The molecule has 7 heteroatoms. The number of benzene rings is 1. The van der Waals surface area contributed by atoms with E-state index >= 15 is 0 Å². The van der Waals surface area contributed by atoms with Crippen LogP contribution in [0.5, 0.6) is 5.75 Å². The molecule has 106 valence electrons. The molecule has 1 N–H and O–H groups in total. The van der Waals surface area contributed by atoms with E-state index in [1.807, 2.05) is 4.90 Å². The highest BCUT2D eigenvalue weighted by Gasteiger charge is 2.29. The minimum Gasteiger partial charge on any atom is -0.482 e. The average molecular weight is 295 g/mol. The zero-order valence-corrected chi connectivity index (χ0v) is 10.9. The molecular formula is C12H14ClF3N2O. The first kappa shape index (κ1) is 14.3. The van der Waals surface area contributed by atoms with E-state index in [-0.39, 0.29) is 5.75 Å². The molecule has 1 aromatic carbocycles. The Morgan fingerprint density at radius 3 is 2.58 bits per heavy atom. The van der Waals surface area contributed by atoms with E-state index in [9.17, 15) is 13.2 Å². The first-order valence-corrected chi connectivity index (χ1v) is 6.28. The van der Waals surface area contributed by atoms with E-state index in [4.69, 9.17) is 16.3 Å². The van der Waals surface area contributed by atoms with E-state index in [0.717, 1.165) is 13.1 Å². The normalized spacial score (nSPS) is 16.5. The van der Waals surface area contributed by atoms with Gasteiger partial charge in [-0.2, -0.15) is 13.2 Å². The molecular weight excluding hydrogens is 281 g/mol. The Kier molecular flexibility index (Phi) is 4.42. The van der Waals surface area contributed by atoms with Gasteiger partial charge in [0.2, 0.25) is 0 Å². The second kappa shape index (κ2) is 5.88. The average Bonchev–Trinajstić information content (AvgIpc) is 2.37. The van der Waals surface area contributed by atoms with Crippen LogP contribution in [-0.2, 0) is 0 Å². The number of anilines is 1. The number of nitrogens with one attached hydrogen (secondary N) is 1. The van der Waals surface area contributed by atoms with E-state index < -0.39 is 12.8 Å². The van der Waals surface area contributed by atoms with Gasteiger partial charge < -0.3 is 15.0 Å². The van der Waals surface area contributed by atoms with Gasteiger partial charge in [0.05, 0.1) is 5.69 Å². The van der Waals surface area contributed by atoms with Crippen LogP contribution in [0.1, 0.15) is 0 Å². The van der Waals surface area contributed by atoms with Gasteiger partial charge in [0.25, 0.3) is 0 Å². The Labute approximate surface area is 114 Å². The van der Waals surface area contributed by atoms with Crippen LogP contribution >= 0.6 is 11.6 Å². The number of alkyl halides is 3. The first-order valence-electron chi connectivity index (χ1n) is 5.90. The summed E-state index contributed by atoms with van der Waals surface area (Å²) in [4.78, 5) is 1.97. The second-order valence-corrected chi connectivity index (χ2v) is 4.69. The van der Waals surface area contributed by atoms with Crippen LogP contribution in [0.15, 0.2) is 18.2 Å². The highest BCUT2D eigenvalue weighted by molar-refractivity contribution is 6.30. The molecule has 0 spiro atoms. The molecule has 1 heterocycles. The lowest BCUT2D eigenvalue weighted by Gasteiger charge is -2.31. The highest BCUT2D eigenvalue weighted by atomic mass is 35.5. The van der Waals surface area contributed by atoms with Gasteiger partial charge in [-0.1, -0.05) is 11.6 Å². The molecule has 0 aliphatic carbocycles. The third-order valence-corrected chi connectivity index (χ3v) is 3.01. The molecule has 3 nitrogen and oxygen atoms in total. The minimum absolute atomic E-state index is 0.212. The summed E-state index contributed by atoms with van der Waals surface area (Å²) in [6.07, 6.45) is -4.35. The molecule has 1 fully saturated rings. The fourth-order valence-electron chi connectivity index (χ4n) is 1.93. The van der Waals surface area contributed by atoms with Gasteiger partial charge in [0.15, 0.2) is 6.61 Å². The van der Waals surface area contributed by atoms with Crippen molar-refractivity contribution in [2.24, 2.45) is 0 Å². The smallest absolute Gasteiger partial charge is 0.422 e. The highest BCUT2D eigenvalue weighted by Crippen LogP contribution is 2.32. The van der Waals surface area contributed by atoms with Crippen LogP contribution in [0.3, 0.4) is 0 Å². The first-order chi connectivity index (χ1) is 8.96. The lowest BCUT2D eigenvalue weighted by atomic mass is 10.2. The quantitative estimate of drug-likeness (QED) is 0.928. The van der Waals surface area contributed by atoms with Gasteiger partial charge in [0.1, 0.15) is 5.75 Å². The van der Waals surface area contributed by atoms with E-state index in [1.165, 1.54) is 12.1 Å². The third kappa shape index (κ3) is 4.18.